The molecule has 0 unspecified atom stereocenters. The molecule has 1 saturated carbocycles. The topological polar surface area (TPSA) is 42.0 Å². The Labute approximate surface area is 83.5 Å². The van der Waals surface area contributed by atoms with Crippen LogP contribution in [0.5, 0.6) is 0 Å². The van der Waals surface area contributed by atoms with Crippen molar-refractivity contribution in [1.82, 2.24) is 10.3 Å². The minimum absolute atomic E-state index is 0.00236. The summed E-state index contributed by atoms with van der Waals surface area (Å²) in [6, 6.07) is 3.56. The van der Waals surface area contributed by atoms with Crippen LogP contribution >= 0.6 is 0 Å². The van der Waals surface area contributed by atoms with E-state index in [2.05, 4.69) is 17.2 Å². The molecule has 0 saturated heterocycles. The van der Waals surface area contributed by atoms with Crippen LogP contribution in [0, 0.1) is 0 Å². The average molecular weight is 190 g/mol. The van der Waals surface area contributed by atoms with Gasteiger partial charge in [0.2, 0.25) is 0 Å². The number of nitrogens with one attached hydrogen (secondary N) is 1. The second-order valence-electron chi connectivity index (χ2n) is 3.83. The fraction of sp³-hybridized carbons (Fsp3) is 0.455. The highest BCUT2D eigenvalue weighted by Crippen LogP contribution is 2.38. The number of amides is 1. The first-order valence-electron chi connectivity index (χ1n) is 4.98. The number of nitrogens with zero attached hydrogens (tertiary/aromatic N) is 1. The highest BCUT2D eigenvalue weighted by molar-refractivity contribution is 5.94. The summed E-state index contributed by atoms with van der Waals surface area (Å²) < 4.78 is 0. The summed E-state index contributed by atoms with van der Waals surface area (Å²) in [5, 5.41) is 3.05. The van der Waals surface area contributed by atoms with Crippen LogP contribution in [0.15, 0.2) is 24.5 Å². The lowest BCUT2D eigenvalue weighted by atomic mass is 10.2. The summed E-state index contributed by atoms with van der Waals surface area (Å²) in [6.45, 7) is 2.11. The van der Waals surface area contributed by atoms with Crippen LogP contribution in [0.4, 0.5) is 0 Å². The molecule has 0 aromatic carbocycles. The molecular weight excluding hydrogens is 176 g/mol. The molecule has 0 spiro atoms. The van der Waals surface area contributed by atoms with E-state index < -0.39 is 0 Å². The monoisotopic (exact) mass is 190 g/mol. The van der Waals surface area contributed by atoms with E-state index in [1.54, 1.807) is 24.5 Å². The molecule has 1 amide bonds. The predicted octanol–water partition coefficient (Wildman–Crippen LogP) is 1.75. The van der Waals surface area contributed by atoms with Crippen LogP contribution in [0.25, 0.3) is 0 Å². The molecular formula is C11H14N2O. The minimum atomic E-state index is -0.00236. The first kappa shape index (κ1) is 9.19. The van der Waals surface area contributed by atoms with Crippen LogP contribution in [0.3, 0.4) is 0 Å². The summed E-state index contributed by atoms with van der Waals surface area (Å²) in [4.78, 5) is 15.6. The summed E-state index contributed by atoms with van der Waals surface area (Å²) in [7, 11) is 0. The van der Waals surface area contributed by atoms with E-state index in [1.807, 2.05) is 0 Å². The van der Waals surface area contributed by atoms with Gasteiger partial charge < -0.3 is 5.32 Å². The Morgan fingerprint density at radius 1 is 1.64 bits per heavy atom. The van der Waals surface area contributed by atoms with Gasteiger partial charge in [-0.15, -0.1) is 0 Å². The smallest absolute Gasteiger partial charge is 0.253 e. The Kier molecular flexibility index (Phi) is 2.23. The quantitative estimate of drug-likeness (QED) is 0.789. The summed E-state index contributed by atoms with van der Waals surface area (Å²) in [5.74, 6) is -0.00236. The third-order valence-corrected chi connectivity index (χ3v) is 2.83. The van der Waals surface area contributed by atoms with Gasteiger partial charge in [0.25, 0.3) is 5.91 Å². The molecule has 0 aliphatic heterocycles. The normalized spacial score (nSPS) is 17.5. The molecule has 1 N–H and O–H groups in total. The first-order chi connectivity index (χ1) is 6.76. The fourth-order valence-corrected chi connectivity index (χ4v) is 1.53. The van der Waals surface area contributed by atoms with Crippen molar-refractivity contribution < 1.29 is 4.79 Å². The molecule has 0 atom stereocenters. The fourth-order valence-electron chi connectivity index (χ4n) is 1.53. The molecule has 1 aliphatic carbocycles. The Balaban J connectivity index is 2.03. The molecule has 14 heavy (non-hydrogen) atoms. The standard InChI is InChI=1S/C11H14N2O/c1-2-11(5-6-11)13-10(14)9-4-3-7-12-8-9/h3-4,7-8H,2,5-6H2,1H3,(H,13,14). The number of carbonyl (C=O) groups is 1. The third-order valence-electron chi connectivity index (χ3n) is 2.83. The van der Waals surface area contributed by atoms with Crippen molar-refractivity contribution in [3.05, 3.63) is 30.1 Å². The maximum absolute atomic E-state index is 11.7. The SMILES string of the molecule is CCC1(NC(=O)c2cccnc2)CC1. The van der Waals surface area contributed by atoms with E-state index in [1.165, 1.54) is 0 Å². The lowest BCUT2D eigenvalue weighted by Gasteiger charge is -2.14. The van der Waals surface area contributed by atoms with E-state index in [-0.39, 0.29) is 11.4 Å². The summed E-state index contributed by atoms with van der Waals surface area (Å²) >= 11 is 0. The van der Waals surface area contributed by atoms with E-state index in [4.69, 9.17) is 0 Å². The van der Waals surface area contributed by atoms with E-state index in [0.29, 0.717) is 5.56 Å². The zero-order chi connectivity index (χ0) is 10.0. The van der Waals surface area contributed by atoms with Crippen LogP contribution in [0.1, 0.15) is 36.5 Å². The van der Waals surface area contributed by atoms with Crippen molar-refractivity contribution in [2.75, 3.05) is 0 Å². The molecule has 1 heterocycles. The number of carbonyl (C=O) groups excluding carboxylic acids is 1. The van der Waals surface area contributed by atoms with Crippen molar-refractivity contribution in [1.29, 1.82) is 0 Å². The first-order valence-corrected chi connectivity index (χ1v) is 4.98. The van der Waals surface area contributed by atoms with E-state index in [0.717, 1.165) is 19.3 Å². The van der Waals surface area contributed by atoms with Gasteiger partial charge in [-0.1, -0.05) is 6.92 Å². The van der Waals surface area contributed by atoms with Crippen molar-refractivity contribution in [2.45, 2.75) is 31.7 Å². The number of aromatic nitrogens is 1. The largest absolute Gasteiger partial charge is 0.347 e. The summed E-state index contributed by atoms with van der Waals surface area (Å²) in [5.41, 5.74) is 0.736. The van der Waals surface area contributed by atoms with Gasteiger partial charge in [0.1, 0.15) is 0 Å². The second kappa shape index (κ2) is 3.40. The van der Waals surface area contributed by atoms with E-state index >= 15 is 0 Å². The molecule has 0 bridgehead atoms. The Morgan fingerprint density at radius 2 is 2.43 bits per heavy atom. The average Bonchev–Trinajstić information content (AvgIpc) is 3.00. The van der Waals surface area contributed by atoms with Crippen molar-refractivity contribution in [3.8, 4) is 0 Å². The highest BCUT2D eigenvalue weighted by Gasteiger charge is 2.42. The molecule has 0 radical (unpaired) electrons. The van der Waals surface area contributed by atoms with Gasteiger partial charge in [-0.25, -0.2) is 0 Å². The number of pyridine rings is 1. The molecule has 1 aromatic rings. The second-order valence-corrected chi connectivity index (χ2v) is 3.83. The van der Waals surface area contributed by atoms with Gasteiger partial charge in [-0.2, -0.15) is 0 Å². The van der Waals surface area contributed by atoms with Crippen LogP contribution in [-0.4, -0.2) is 16.4 Å². The van der Waals surface area contributed by atoms with Crippen molar-refractivity contribution in [2.24, 2.45) is 0 Å². The van der Waals surface area contributed by atoms with Gasteiger partial charge in [0.15, 0.2) is 0 Å². The van der Waals surface area contributed by atoms with E-state index in [9.17, 15) is 4.79 Å². The van der Waals surface area contributed by atoms with Crippen LogP contribution < -0.4 is 5.32 Å². The van der Waals surface area contributed by atoms with Crippen molar-refractivity contribution >= 4 is 5.91 Å². The Bertz CT molecular complexity index is 330. The Morgan fingerprint density at radius 3 is 2.93 bits per heavy atom. The van der Waals surface area contributed by atoms with Crippen LogP contribution in [0.2, 0.25) is 0 Å². The minimum Gasteiger partial charge on any atom is -0.347 e. The van der Waals surface area contributed by atoms with Crippen LogP contribution in [-0.2, 0) is 0 Å². The van der Waals surface area contributed by atoms with Gasteiger partial charge >= 0.3 is 0 Å². The molecule has 3 heteroatoms. The predicted molar refractivity (Wildman–Crippen MR) is 54.0 cm³/mol. The number of rotatable bonds is 3. The molecule has 2 rings (SSSR count). The Hall–Kier alpha value is -1.38. The van der Waals surface area contributed by atoms with Gasteiger partial charge in [-0.3, -0.25) is 9.78 Å². The number of hydrogen-bond donors (Lipinski definition) is 1. The molecule has 1 aromatic heterocycles. The summed E-state index contributed by atoms with van der Waals surface area (Å²) in [6.07, 6.45) is 6.49. The van der Waals surface area contributed by atoms with Gasteiger partial charge in [0.05, 0.1) is 5.56 Å². The molecule has 3 nitrogen and oxygen atoms in total. The lowest BCUT2D eigenvalue weighted by molar-refractivity contribution is 0.0930. The highest BCUT2D eigenvalue weighted by atomic mass is 16.1. The third kappa shape index (κ3) is 1.76. The maximum atomic E-state index is 11.7. The zero-order valence-electron chi connectivity index (χ0n) is 8.29. The van der Waals surface area contributed by atoms with Gasteiger partial charge in [0, 0.05) is 17.9 Å². The number of hydrogen-bond acceptors (Lipinski definition) is 2. The van der Waals surface area contributed by atoms with Crippen molar-refractivity contribution in [3.63, 3.8) is 0 Å². The molecule has 74 valence electrons. The maximum Gasteiger partial charge on any atom is 0.253 e. The zero-order valence-corrected chi connectivity index (χ0v) is 8.29. The van der Waals surface area contributed by atoms with Gasteiger partial charge in [-0.05, 0) is 31.4 Å². The molecule has 1 fully saturated rings. The molecule has 1 aliphatic rings. The lowest BCUT2D eigenvalue weighted by Crippen LogP contribution is -2.36.